The molecule has 0 spiro atoms. The second-order valence-corrected chi connectivity index (χ2v) is 5.70. The number of aromatic nitrogens is 1. The van der Waals surface area contributed by atoms with Crippen LogP contribution in [0.1, 0.15) is 27.2 Å². The van der Waals surface area contributed by atoms with Crippen LogP contribution in [-0.2, 0) is 13.2 Å². The molecule has 0 bridgehead atoms. The van der Waals surface area contributed by atoms with E-state index in [9.17, 15) is 9.90 Å². The van der Waals surface area contributed by atoms with Crippen molar-refractivity contribution in [3.8, 4) is 0 Å². The molecule has 5 heteroatoms. The number of para-hydroxylation sites is 1. The Bertz CT molecular complexity index is 889. The van der Waals surface area contributed by atoms with E-state index in [-0.39, 0.29) is 6.61 Å². The second-order valence-electron chi connectivity index (χ2n) is 5.70. The Morgan fingerprint density at radius 3 is 2.62 bits per heavy atom. The molecule has 1 aromatic heterocycles. The van der Waals surface area contributed by atoms with Crippen LogP contribution in [-0.4, -0.2) is 16.0 Å². The molecule has 0 saturated heterocycles. The van der Waals surface area contributed by atoms with Crippen LogP contribution < -0.4 is 11.1 Å². The number of carbonyl (C=O) groups is 1. The van der Waals surface area contributed by atoms with E-state index in [2.05, 4.69) is 10.3 Å². The topological polar surface area (TPSA) is 88.2 Å². The highest BCUT2D eigenvalue weighted by Crippen LogP contribution is 2.26. The normalized spacial score (nSPS) is 10.8. The maximum absolute atomic E-state index is 11.1. The molecular formula is C19H19N3O2. The molecule has 0 radical (unpaired) electrons. The first-order chi connectivity index (χ1) is 11.6. The Hall–Kier alpha value is -2.92. The lowest BCUT2D eigenvalue weighted by atomic mass is 10.1. The molecule has 5 nitrogen and oxygen atoms in total. The number of aliphatic hydroxyl groups is 1. The van der Waals surface area contributed by atoms with E-state index < -0.39 is 5.91 Å². The van der Waals surface area contributed by atoms with Crippen molar-refractivity contribution >= 4 is 22.5 Å². The number of nitrogens with zero attached hydrogens (tertiary/aromatic N) is 1. The highest BCUT2D eigenvalue weighted by Gasteiger charge is 2.08. The number of hydrogen-bond donors (Lipinski definition) is 3. The summed E-state index contributed by atoms with van der Waals surface area (Å²) in [5, 5.41) is 13.9. The van der Waals surface area contributed by atoms with Crippen molar-refractivity contribution in [2.24, 2.45) is 5.73 Å². The van der Waals surface area contributed by atoms with Gasteiger partial charge in [0.2, 0.25) is 5.91 Å². The fraction of sp³-hybridized carbons (Fsp3) is 0.158. The Morgan fingerprint density at radius 2 is 1.96 bits per heavy atom. The number of benzene rings is 2. The maximum Gasteiger partial charge on any atom is 0.248 e. The molecule has 0 aliphatic rings. The van der Waals surface area contributed by atoms with E-state index in [0.717, 1.165) is 33.4 Å². The molecule has 0 unspecified atom stereocenters. The van der Waals surface area contributed by atoms with Gasteiger partial charge < -0.3 is 16.2 Å². The van der Waals surface area contributed by atoms with Gasteiger partial charge in [-0.1, -0.05) is 24.3 Å². The predicted molar refractivity (Wildman–Crippen MR) is 94.7 cm³/mol. The van der Waals surface area contributed by atoms with Crippen LogP contribution in [0, 0.1) is 6.92 Å². The molecule has 4 N–H and O–H groups in total. The number of pyridine rings is 1. The summed E-state index contributed by atoms with van der Waals surface area (Å²) in [7, 11) is 0. The summed E-state index contributed by atoms with van der Waals surface area (Å²) in [6, 6.07) is 14.9. The number of carbonyl (C=O) groups excluding carboxylic acids is 1. The van der Waals surface area contributed by atoms with Gasteiger partial charge in [0.1, 0.15) is 0 Å². The van der Waals surface area contributed by atoms with Crippen molar-refractivity contribution in [1.29, 1.82) is 0 Å². The van der Waals surface area contributed by atoms with Gasteiger partial charge in [-0.05, 0) is 42.3 Å². The summed E-state index contributed by atoms with van der Waals surface area (Å²) in [5.41, 5.74) is 10.3. The Morgan fingerprint density at radius 1 is 1.21 bits per heavy atom. The third-order valence-electron chi connectivity index (χ3n) is 3.95. The highest BCUT2D eigenvalue weighted by atomic mass is 16.3. The molecule has 1 amide bonds. The lowest BCUT2D eigenvalue weighted by Crippen LogP contribution is -2.10. The van der Waals surface area contributed by atoms with Gasteiger partial charge in [0, 0.05) is 23.2 Å². The molecule has 3 aromatic rings. The lowest BCUT2D eigenvalue weighted by molar-refractivity contribution is 0.100. The van der Waals surface area contributed by atoms with Crippen LogP contribution in [0.5, 0.6) is 0 Å². The van der Waals surface area contributed by atoms with Crippen molar-refractivity contribution in [3.63, 3.8) is 0 Å². The summed E-state index contributed by atoms with van der Waals surface area (Å²) in [6.07, 6.45) is 0. The van der Waals surface area contributed by atoms with E-state index in [1.165, 1.54) is 0 Å². The maximum atomic E-state index is 11.1. The zero-order chi connectivity index (χ0) is 17.1. The molecule has 0 aliphatic heterocycles. The van der Waals surface area contributed by atoms with Crippen LogP contribution in [0.15, 0.2) is 48.5 Å². The number of rotatable bonds is 5. The molecule has 24 heavy (non-hydrogen) atoms. The second kappa shape index (κ2) is 6.68. The van der Waals surface area contributed by atoms with Crippen molar-refractivity contribution < 1.29 is 9.90 Å². The van der Waals surface area contributed by atoms with E-state index in [1.807, 2.05) is 43.3 Å². The number of aryl methyl sites for hydroxylation is 1. The van der Waals surface area contributed by atoms with Gasteiger partial charge in [0.05, 0.1) is 17.8 Å². The summed E-state index contributed by atoms with van der Waals surface area (Å²) in [6.45, 7) is 2.50. The van der Waals surface area contributed by atoms with Gasteiger partial charge in [0.15, 0.2) is 0 Å². The number of primary amides is 1. The molecule has 122 valence electrons. The van der Waals surface area contributed by atoms with Crippen molar-refractivity contribution in [1.82, 2.24) is 4.98 Å². The smallest absolute Gasteiger partial charge is 0.248 e. The number of anilines is 1. The zero-order valence-corrected chi connectivity index (χ0v) is 13.4. The Labute approximate surface area is 140 Å². The molecule has 2 aromatic carbocycles. The first-order valence-corrected chi connectivity index (χ1v) is 7.71. The van der Waals surface area contributed by atoms with Gasteiger partial charge >= 0.3 is 0 Å². The minimum Gasteiger partial charge on any atom is -0.392 e. The minimum absolute atomic E-state index is 0.0160. The molecular weight excluding hydrogens is 302 g/mol. The number of amides is 1. The third kappa shape index (κ3) is 3.21. The molecule has 0 saturated carbocycles. The van der Waals surface area contributed by atoms with E-state index in [0.29, 0.717) is 12.1 Å². The van der Waals surface area contributed by atoms with Gasteiger partial charge in [-0.3, -0.25) is 9.78 Å². The summed E-state index contributed by atoms with van der Waals surface area (Å²) >= 11 is 0. The highest BCUT2D eigenvalue weighted by molar-refractivity contribution is 5.93. The SMILES string of the molecule is Cc1cc(CO)c2cccc(NCc3ccc(C(N)=O)cc3)c2n1. The summed E-state index contributed by atoms with van der Waals surface area (Å²) < 4.78 is 0. The molecule has 3 rings (SSSR count). The van der Waals surface area contributed by atoms with Gasteiger partial charge in [-0.2, -0.15) is 0 Å². The van der Waals surface area contributed by atoms with E-state index >= 15 is 0 Å². The number of aliphatic hydroxyl groups excluding tert-OH is 1. The predicted octanol–water partition coefficient (Wildman–Crippen LogP) is 2.75. The van der Waals surface area contributed by atoms with Crippen LogP contribution in [0.2, 0.25) is 0 Å². The number of nitrogens with two attached hydrogens (primary N) is 1. The van der Waals surface area contributed by atoms with Crippen LogP contribution in [0.4, 0.5) is 5.69 Å². The molecule has 0 aliphatic carbocycles. The summed E-state index contributed by atoms with van der Waals surface area (Å²) in [5.74, 6) is -0.431. The van der Waals surface area contributed by atoms with Crippen LogP contribution in [0.3, 0.4) is 0 Å². The van der Waals surface area contributed by atoms with Crippen molar-refractivity contribution in [2.45, 2.75) is 20.1 Å². The first-order valence-electron chi connectivity index (χ1n) is 7.71. The van der Waals surface area contributed by atoms with E-state index in [1.54, 1.807) is 12.1 Å². The number of nitrogens with one attached hydrogen (secondary N) is 1. The minimum atomic E-state index is -0.431. The fourth-order valence-electron chi connectivity index (χ4n) is 2.72. The largest absolute Gasteiger partial charge is 0.392 e. The average molecular weight is 321 g/mol. The molecule has 0 fully saturated rings. The fourth-order valence-corrected chi connectivity index (χ4v) is 2.72. The third-order valence-corrected chi connectivity index (χ3v) is 3.95. The lowest BCUT2D eigenvalue weighted by Gasteiger charge is -2.12. The number of fused-ring (bicyclic) bond motifs is 1. The number of hydrogen-bond acceptors (Lipinski definition) is 4. The van der Waals surface area contributed by atoms with Crippen molar-refractivity contribution in [2.75, 3.05) is 5.32 Å². The van der Waals surface area contributed by atoms with Crippen LogP contribution in [0.25, 0.3) is 10.9 Å². The molecule has 1 heterocycles. The van der Waals surface area contributed by atoms with Gasteiger partial charge in [-0.25, -0.2) is 0 Å². The Kier molecular flexibility index (Phi) is 4.44. The van der Waals surface area contributed by atoms with Crippen LogP contribution >= 0.6 is 0 Å². The Balaban J connectivity index is 1.87. The summed E-state index contributed by atoms with van der Waals surface area (Å²) in [4.78, 5) is 15.7. The standard InChI is InChI=1S/C19H19N3O2/c1-12-9-15(11-23)16-3-2-4-17(18(16)22-12)21-10-13-5-7-14(8-6-13)19(20)24/h2-9,21,23H,10-11H2,1H3,(H2,20,24). The zero-order valence-electron chi connectivity index (χ0n) is 13.4. The first kappa shape index (κ1) is 16.0. The average Bonchev–Trinajstić information content (AvgIpc) is 2.59. The van der Waals surface area contributed by atoms with Gasteiger partial charge in [0.25, 0.3) is 0 Å². The van der Waals surface area contributed by atoms with E-state index in [4.69, 9.17) is 5.73 Å². The van der Waals surface area contributed by atoms with Crippen molar-refractivity contribution in [3.05, 3.63) is 70.9 Å². The van der Waals surface area contributed by atoms with Gasteiger partial charge in [-0.15, -0.1) is 0 Å². The monoisotopic (exact) mass is 321 g/mol. The quantitative estimate of drug-likeness (QED) is 0.674. The molecule has 0 atom stereocenters.